The highest BCUT2D eigenvalue weighted by Crippen LogP contribution is 2.28. The topological polar surface area (TPSA) is 55.5 Å². The Hall–Kier alpha value is -5.62. The van der Waals surface area contributed by atoms with Gasteiger partial charge in [-0.05, 0) is 75.4 Å². The molecule has 0 saturated heterocycles. The molecule has 0 N–H and O–H groups in total. The van der Waals surface area contributed by atoms with Crippen LogP contribution >= 0.6 is 0 Å². The van der Waals surface area contributed by atoms with Crippen LogP contribution in [-0.2, 0) is 0 Å². The fourth-order valence-electron chi connectivity index (χ4n) is 4.47. The Kier molecular flexibility index (Phi) is 7.69. The van der Waals surface area contributed by atoms with Gasteiger partial charge in [-0.3, -0.25) is 20.0 Å². The third-order valence-electron chi connectivity index (χ3n) is 6.53. The fourth-order valence-corrected chi connectivity index (χ4v) is 4.47. The summed E-state index contributed by atoms with van der Waals surface area (Å²) in [4.78, 5) is 16.1. The average Bonchev–Trinajstić information content (AvgIpc) is 3.03. The monoisotopic (exact) mass is 520 g/mol. The molecule has 0 unspecified atom stereocenters. The molecular weight excluding hydrogens is 492 g/mol. The van der Waals surface area contributed by atoms with Crippen molar-refractivity contribution < 1.29 is 0 Å². The van der Waals surface area contributed by atoms with E-state index in [1.54, 1.807) is 0 Å². The van der Waals surface area contributed by atoms with Crippen LogP contribution in [0.4, 0.5) is 45.5 Å². The first-order valence-corrected chi connectivity index (χ1v) is 12.6. The number of benzene rings is 4. The number of hydrogen-bond acceptors (Lipinski definition) is 4. The second-order valence-corrected chi connectivity index (χ2v) is 8.89. The van der Waals surface area contributed by atoms with E-state index in [0.29, 0.717) is 0 Å². The first kappa shape index (κ1) is 26.0. The van der Waals surface area contributed by atoms with Gasteiger partial charge >= 0.3 is 0 Å². The predicted octanol–water partition coefficient (Wildman–Crippen LogP) is 8.39. The molecule has 4 aromatic rings. The molecule has 0 aliphatic heterocycles. The molecule has 0 atom stereocenters. The molecule has 1 aliphatic carbocycles. The van der Waals surface area contributed by atoms with E-state index < -0.39 is 0 Å². The third-order valence-corrected chi connectivity index (χ3v) is 6.53. The van der Waals surface area contributed by atoms with Crippen molar-refractivity contribution in [3.05, 3.63) is 121 Å². The van der Waals surface area contributed by atoms with Crippen LogP contribution < -0.4 is 9.15 Å². The first-order chi connectivity index (χ1) is 19.6. The molecule has 5 rings (SSSR count). The van der Waals surface area contributed by atoms with Crippen molar-refractivity contribution in [1.82, 2.24) is 9.15 Å². The summed E-state index contributed by atoms with van der Waals surface area (Å²) in [5.74, 6) is 0. The standard InChI is InChI=1S/C34H28N6/c1-35-25-5-13-29(14-6-25)39(30-15-7-26(36-2)8-16-30)33-21-23-34(24-22-33)40(31-17-9-27(37-3)10-18-31)32-19-11-28(38-4)12-20-32/h5-24H,1-4H2/q+2. The summed E-state index contributed by atoms with van der Waals surface area (Å²) in [6.07, 6.45) is 8.45. The van der Waals surface area contributed by atoms with Crippen molar-refractivity contribution in [2.75, 3.05) is 0 Å². The SMILES string of the molecule is C=Nc1ccc([N+](=C2C=CC(=[N+](c3ccc(N=C)cc3)c3ccc(N=C)cc3)C=C2)c2ccc(N=C)cc2)cc1. The van der Waals surface area contributed by atoms with Gasteiger partial charge in [0.05, 0.1) is 22.7 Å². The second kappa shape index (κ2) is 11.8. The molecule has 6 heteroatoms. The van der Waals surface area contributed by atoms with Gasteiger partial charge in [0, 0.05) is 72.8 Å². The lowest BCUT2D eigenvalue weighted by molar-refractivity contribution is 1.08. The Labute approximate surface area is 234 Å². The summed E-state index contributed by atoms with van der Waals surface area (Å²) in [6, 6.07) is 31.9. The molecule has 0 spiro atoms. The van der Waals surface area contributed by atoms with Gasteiger partial charge in [-0.15, -0.1) is 0 Å². The molecule has 0 radical (unpaired) electrons. The van der Waals surface area contributed by atoms with E-state index in [4.69, 9.17) is 0 Å². The van der Waals surface area contributed by atoms with E-state index in [0.717, 1.165) is 56.9 Å². The maximum Gasteiger partial charge on any atom is 0.212 e. The molecule has 1 aliphatic rings. The molecule has 0 heterocycles. The maximum atomic E-state index is 4.04. The molecule has 0 fully saturated rings. The van der Waals surface area contributed by atoms with Gasteiger partial charge in [-0.2, -0.15) is 9.15 Å². The zero-order valence-electron chi connectivity index (χ0n) is 22.1. The quantitative estimate of drug-likeness (QED) is 0.127. The van der Waals surface area contributed by atoms with E-state index in [-0.39, 0.29) is 0 Å². The van der Waals surface area contributed by atoms with E-state index in [9.17, 15) is 0 Å². The second-order valence-electron chi connectivity index (χ2n) is 8.89. The lowest BCUT2D eigenvalue weighted by atomic mass is 10.1. The minimum Gasteiger partial charge on any atom is -0.265 e. The predicted molar refractivity (Wildman–Crippen MR) is 174 cm³/mol. The number of nitrogens with zero attached hydrogens (tertiary/aromatic N) is 6. The number of aliphatic imine (C=N–C) groups is 4. The molecule has 6 nitrogen and oxygen atoms in total. The minimum atomic E-state index is 0.816. The Morgan fingerprint density at radius 1 is 0.325 bits per heavy atom. The van der Waals surface area contributed by atoms with Gasteiger partial charge in [0.25, 0.3) is 0 Å². The van der Waals surface area contributed by atoms with Gasteiger partial charge in [0.1, 0.15) is 0 Å². The van der Waals surface area contributed by atoms with E-state index in [1.165, 1.54) is 0 Å². The van der Waals surface area contributed by atoms with Crippen LogP contribution in [-0.4, -0.2) is 38.3 Å². The summed E-state index contributed by atoms with van der Waals surface area (Å²) in [6.45, 7) is 14.5. The van der Waals surface area contributed by atoms with E-state index >= 15 is 0 Å². The summed E-state index contributed by atoms with van der Waals surface area (Å²) < 4.78 is 4.37. The van der Waals surface area contributed by atoms with Crippen LogP contribution in [0.3, 0.4) is 0 Å². The zero-order chi connectivity index (χ0) is 27.9. The van der Waals surface area contributed by atoms with Crippen molar-refractivity contribution in [2.24, 2.45) is 20.0 Å². The summed E-state index contributed by atoms with van der Waals surface area (Å²) >= 11 is 0. The summed E-state index contributed by atoms with van der Waals surface area (Å²) in [5, 5.41) is 0. The van der Waals surface area contributed by atoms with Gasteiger partial charge in [-0.25, -0.2) is 0 Å². The Morgan fingerprint density at radius 2 is 0.525 bits per heavy atom. The van der Waals surface area contributed by atoms with Crippen molar-refractivity contribution in [1.29, 1.82) is 0 Å². The largest absolute Gasteiger partial charge is 0.265 e. The van der Waals surface area contributed by atoms with Crippen LogP contribution in [0.1, 0.15) is 0 Å². The van der Waals surface area contributed by atoms with Crippen LogP contribution in [0, 0.1) is 0 Å². The first-order valence-electron chi connectivity index (χ1n) is 12.6. The molecule has 0 amide bonds. The highest BCUT2D eigenvalue weighted by molar-refractivity contribution is 6.20. The average molecular weight is 521 g/mol. The van der Waals surface area contributed by atoms with Crippen LogP contribution in [0.5, 0.6) is 0 Å². The molecule has 192 valence electrons. The molecule has 0 bridgehead atoms. The molecule has 40 heavy (non-hydrogen) atoms. The minimum absolute atomic E-state index is 0.816. The fraction of sp³-hybridized carbons (Fsp3) is 0. The number of hydrogen-bond donors (Lipinski definition) is 0. The van der Waals surface area contributed by atoms with Crippen LogP contribution in [0.25, 0.3) is 0 Å². The van der Waals surface area contributed by atoms with E-state index in [1.807, 2.05) is 97.1 Å². The van der Waals surface area contributed by atoms with Gasteiger partial charge in [-0.1, -0.05) is 0 Å². The molecule has 0 saturated carbocycles. The van der Waals surface area contributed by atoms with Crippen molar-refractivity contribution in [2.45, 2.75) is 0 Å². The molecular formula is C34H28N6+2. The van der Waals surface area contributed by atoms with Gasteiger partial charge in [0.2, 0.25) is 34.2 Å². The number of rotatable bonds is 8. The van der Waals surface area contributed by atoms with Crippen molar-refractivity contribution in [3.8, 4) is 0 Å². The molecule has 0 aromatic heterocycles. The molecule has 4 aromatic carbocycles. The van der Waals surface area contributed by atoms with Crippen LogP contribution in [0.15, 0.2) is 141 Å². The van der Waals surface area contributed by atoms with Gasteiger partial charge < -0.3 is 0 Å². The Balaban J connectivity index is 1.65. The lowest BCUT2D eigenvalue weighted by Crippen LogP contribution is -2.20. The van der Waals surface area contributed by atoms with Crippen molar-refractivity contribution >= 4 is 83.8 Å². The van der Waals surface area contributed by atoms with Gasteiger partial charge in [0.15, 0.2) is 0 Å². The Morgan fingerprint density at radius 3 is 0.700 bits per heavy atom. The summed E-state index contributed by atoms with van der Waals surface area (Å²) in [7, 11) is 0. The smallest absolute Gasteiger partial charge is 0.212 e. The normalized spacial score (nSPS) is 12.1. The highest BCUT2D eigenvalue weighted by Gasteiger charge is 2.24. The van der Waals surface area contributed by atoms with Crippen molar-refractivity contribution in [3.63, 3.8) is 0 Å². The van der Waals surface area contributed by atoms with Crippen LogP contribution in [0.2, 0.25) is 0 Å². The third kappa shape index (κ3) is 5.47. The Bertz CT molecular complexity index is 1450. The zero-order valence-corrected chi connectivity index (χ0v) is 22.1. The lowest BCUT2D eigenvalue weighted by Gasteiger charge is -2.10. The van der Waals surface area contributed by atoms with E-state index in [2.05, 4.69) is 80.3 Å². The summed E-state index contributed by atoms with van der Waals surface area (Å²) in [5.41, 5.74) is 9.25. The number of allylic oxidation sites excluding steroid dienone is 4. The highest BCUT2D eigenvalue weighted by atomic mass is 15.0. The maximum absolute atomic E-state index is 4.04.